The van der Waals surface area contributed by atoms with Gasteiger partial charge < -0.3 is 20.2 Å². The van der Waals surface area contributed by atoms with Gasteiger partial charge in [0.25, 0.3) is 0 Å². The molecule has 0 aromatic heterocycles. The maximum atomic E-state index is 9.91. The summed E-state index contributed by atoms with van der Waals surface area (Å²) in [7, 11) is 1.96. The zero-order valence-corrected chi connectivity index (χ0v) is 10.4. The molecule has 4 heteroatoms. The van der Waals surface area contributed by atoms with Crippen molar-refractivity contribution in [2.45, 2.75) is 44.8 Å². The molecule has 4 nitrogen and oxygen atoms in total. The van der Waals surface area contributed by atoms with Gasteiger partial charge in [-0.2, -0.15) is 0 Å². The van der Waals surface area contributed by atoms with Crippen LogP contribution in [0.15, 0.2) is 0 Å². The van der Waals surface area contributed by atoms with E-state index in [0.717, 1.165) is 25.7 Å². The molecule has 0 heterocycles. The van der Waals surface area contributed by atoms with Crippen LogP contribution in [0, 0.1) is 5.41 Å². The van der Waals surface area contributed by atoms with Gasteiger partial charge in [0.2, 0.25) is 0 Å². The molecule has 0 bridgehead atoms. The summed E-state index contributed by atoms with van der Waals surface area (Å²) in [5, 5.41) is 28.4. The third-order valence-electron chi connectivity index (χ3n) is 3.65. The lowest BCUT2D eigenvalue weighted by atomic mass is 9.88. The van der Waals surface area contributed by atoms with Gasteiger partial charge in [0, 0.05) is 18.0 Å². The summed E-state index contributed by atoms with van der Waals surface area (Å²) in [5.74, 6) is 0. The van der Waals surface area contributed by atoms with Crippen LogP contribution >= 0.6 is 0 Å². The average molecular weight is 231 g/mol. The second kappa shape index (κ2) is 5.96. The van der Waals surface area contributed by atoms with E-state index < -0.39 is 5.41 Å². The number of nitrogens with zero attached hydrogens (tertiary/aromatic N) is 1. The molecule has 0 spiro atoms. The van der Waals surface area contributed by atoms with E-state index in [1.807, 2.05) is 14.0 Å². The largest absolute Gasteiger partial charge is 0.396 e. The zero-order valence-electron chi connectivity index (χ0n) is 10.4. The predicted octanol–water partition coefficient (Wildman–Crippen LogP) is 0.213. The first-order valence-corrected chi connectivity index (χ1v) is 6.12. The molecule has 1 aliphatic rings. The van der Waals surface area contributed by atoms with Gasteiger partial charge in [0.1, 0.15) is 0 Å². The summed E-state index contributed by atoms with van der Waals surface area (Å²) in [6.07, 6.45) is 3.86. The minimum Gasteiger partial charge on any atom is -0.396 e. The van der Waals surface area contributed by atoms with Gasteiger partial charge in [-0.15, -0.1) is 0 Å². The monoisotopic (exact) mass is 231 g/mol. The predicted molar refractivity (Wildman–Crippen MR) is 63.2 cm³/mol. The highest BCUT2D eigenvalue weighted by atomic mass is 16.3. The van der Waals surface area contributed by atoms with Crippen molar-refractivity contribution in [3.05, 3.63) is 0 Å². The molecule has 0 aromatic rings. The smallest absolute Gasteiger partial charge is 0.0695 e. The maximum Gasteiger partial charge on any atom is 0.0695 e. The molecule has 0 amide bonds. The molecule has 1 aliphatic carbocycles. The van der Waals surface area contributed by atoms with Gasteiger partial charge >= 0.3 is 0 Å². The van der Waals surface area contributed by atoms with E-state index in [1.54, 1.807) is 0 Å². The van der Waals surface area contributed by atoms with Crippen LogP contribution in [0.25, 0.3) is 0 Å². The third kappa shape index (κ3) is 3.42. The van der Waals surface area contributed by atoms with Crippen LogP contribution in [0.2, 0.25) is 0 Å². The SMILES string of the molecule is CN(CC(C)(CO)CO)C1CCCCC1O. The van der Waals surface area contributed by atoms with E-state index in [9.17, 15) is 15.3 Å². The highest BCUT2D eigenvalue weighted by Gasteiger charge is 2.31. The van der Waals surface area contributed by atoms with Crippen LogP contribution in [0.1, 0.15) is 32.6 Å². The molecular weight excluding hydrogens is 206 g/mol. The fraction of sp³-hybridized carbons (Fsp3) is 1.00. The summed E-state index contributed by atoms with van der Waals surface area (Å²) in [5.41, 5.74) is -0.480. The first-order chi connectivity index (χ1) is 7.52. The molecule has 1 fully saturated rings. The standard InChI is InChI=1S/C12H25NO3/c1-12(8-14,9-15)7-13(2)10-5-3-4-6-11(10)16/h10-11,14-16H,3-9H2,1-2H3. The van der Waals surface area contributed by atoms with Crippen LogP contribution in [0.5, 0.6) is 0 Å². The Balaban J connectivity index is 2.52. The fourth-order valence-corrected chi connectivity index (χ4v) is 2.48. The Hall–Kier alpha value is -0.160. The topological polar surface area (TPSA) is 63.9 Å². The Bertz CT molecular complexity index is 206. The van der Waals surface area contributed by atoms with Crippen molar-refractivity contribution < 1.29 is 15.3 Å². The summed E-state index contributed by atoms with van der Waals surface area (Å²) in [6.45, 7) is 2.41. The molecule has 0 aromatic carbocycles. The highest BCUT2D eigenvalue weighted by molar-refractivity contribution is 4.85. The summed E-state index contributed by atoms with van der Waals surface area (Å²) >= 11 is 0. The van der Waals surface area contributed by atoms with Crippen molar-refractivity contribution in [2.24, 2.45) is 5.41 Å². The van der Waals surface area contributed by atoms with Crippen LogP contribution in [-0.4, -0.2) is 59.2 Å². The van der Waals surface area contributed by atoms with E-state index in [1.165, 1.54) is 0 Å². The molecule has 0 aliphatic heterocycles. The highest BCUT2D eigenvalue weighted by Crippen LogP contribution is 2.25. The maximum absolute atomic E-state index is 9.91. The Morgan fingerprint density at radius 1 is 1.19 bits per heavy atom. The van der Waals surface area contributed by atoms with E-state index in [4.69, 9.17) is 0 Å². The Labute approximate surface area is 97.9 Å². The Morgan fingerprint density at radius 2 is 1.75 bits per heavy atom. The van der Waals surface area contributed by atoms with Crippen molar-refractivity contribution in [2.75, 3.05) is 26.8 Å². The van der Waals surface area contributed by atoms with Crippen molar-refractivity contribution in [3.8, 4) is 0 Å². The lowest BCUT2D eigenvalue weighted by Gasteiger charge is -2.39. The van der Waals surface area contributed by atoms with Gasteiger partial charge in [-0.3, -0.25) is 0 Å². The van der Waals surface area contributed by atoms with Gasteiger partial charge in [0.05, 0.1) is 19.3 Å². The first-order valence-electron chi connectivity index (χ1n) is 6.12. The summed E-state index contributed by atoms with van der Waals surface area (Å²) in [4.78, 5) is 2.08. The van der Waals surface area contributed by atoms with E-state index in [2.05, 4.69) is 4.90 Å². The zero-order chi connectivity index (χ0) is 12.2. The first kappa shape index (κ1) is 13.9. The van der Waals surface area contributed by atoms with Crippen molar-refractivity contribution >= 4 is 0 Å². The minimum absolute atomic E-state index is 0.0311. The minimum atomic E-state index is -0.480. The third-order valence-corrected chi connectivity index (χ3v) is 3.65. The number of hydrogen-bond acceptors (Lipinski definition) is 4. The molecule has 96 valence electrons. The Kier molecular flexibility index (Phi) is 5.18. The van der Waals surface area contributed by atoms with Crippen LogP contribution in [0.3, 0.4) is 0 Å². The second-order valence-electron chi connectivity index (χ2n) is 5.46. The molecule has 1 saturated carbocycles. The number of hydrogen-bond donors (Lipinski definition) is 3. The molecule has 1 rings (SSSR count). The van der Waals surface area contributed by atoms with Crippen LogP contribution < -0.4 is 0 Å². The van der Waals surface area contributed by atoms with Gasteiger partial charge in [-0.05, 0) is 19.9 Å². The number of rotatable bonds is 5. The lowest BCUT2D eigenvalue weighted by Crippen LogP contribution is -2.49. The van der Waals surface area contributed by atoms with E-state index >= 15 is 0 Å². The van der Waals surface area contributed by atoms with E-state index in [0.29, 0.717) is 6.54 Å². The molecule has 0 saturated heterocycles. The van der Waals surface area contributed by atoms with Gasteiger partial charge in [0.15, 0.2) is 0 Å². The second-order valence-corrected chi connectivity index (χ2v) is 5.46. The van der Waals surface area contributed by atoms with Crippen molar-refractivity contribution in [1.82, 2.24) is 4.90 Å². The molecule has 2 unspecified atom stereocenters. The number of likely N-dealkylation sites (N-methyl/N-ethyl adjacent to an activating group) is 1. The fourth-order valence-electron chi connectivity index (χ4n) is 2.48. The Morgan fingerprint density at radius 3 is 2.25 bits per heavy atom. The van der Waals surface area contributed by atoms with Gasteiger partial charge in [-0.25, -0.2) is 0 Å². The molecule has 3 N–H and O–H groups in total. The quantitative estimate of drug-likeness (QED) is 0.633. The molecular formula is C12H25NO3. The lowest BCUT2D eigenvalue weighted by molar-refractivity contribution is -0.0133. The summed E-state index contributed by atoms with van der Waals surface area (Å²) in [6, 6.07) is 0.172. The average Bonchev–Trinajstić information content (AvgIpc) is 2.29. The van der Waals surface area contributed by atoms with Crippen molar-refractivity contribution in [3.63, 3.8) is 0 Å². The molecule has 0 radical (unpaired) electrons. The van der Waals surface area contributed by atoms with Gasteiger partial charge in [-0.1, -0.05) is 19.8 Å². The number of aliphatic hydroxyl groups is 3. The van der Waals surface area contributed by atoms with Crippen LogP contribution in [-0.2, 0) is 0 Å². The van der Waals surface area contributed by atoms with Crippen molar-refractivity contribution in [1.29, 1.82) is 0 Å². The molecule has 16 heavy (non-hydrogen) atoms. The van der Waals surface area contributed by atoms with E-state index in [-0.39, 0.29) is 25.4 Å². The number of aliphatic hydroxyl groups excluding tert-OH is 3. The normalized spacial score (nSPS) is 27.4. The summed E-state index contributed by atoms with van der Waals surface area (Å²) < 4.78 is 0. The van der Waals surface area contributed by atoms with Crippen LogP contribution in [0.4, 0.5) is 0 Å². The molecule has 2 atom stereocenters.